The van der Waals surface area contributed by atoms with Gasteiger partial charge in [-0.1, -0.05) is 60.2 Å². The molecule has 7 nitrogen and oxygen atoms in total. The highest BCUT2D eigenvalue weighted by molar-refractivity contribution is 5.87. The molecule has 0 spiro atoms. The van der Waals surface area contributed by atoms with Gasteiger partial charge in [0.1, 0.15) is 18.4 Å². The molecule has 0 saturated carbocycles. The van der Waals surface area contributed by atoms with Crippen LogP contribution in [0.4, 0.5) is 4.79 Å². The fraction of sp³-hybridized carbons (Fsp3) is 0.222. The number of hydrogen-bond acceptors (Lipinski definition) is 5. The Morgan fingerprint density at radius 1 is 0.971 bits per heavy atom. The molecule has 34 heavy (non-hydrogen) atoms. The van der Waals surface area contributed by atoms with Gasteiger partial charge in [-0.3, -0.25) is 4.79 Å². The molecule has 0 aromatic heterocycles. The molecule has 0 bridgehead atoms. The van der Waals surface area contributed by atoms with E-state index in [4.69, 9.17) is 9.47 Å². The van der Waals surface area contributed by atoms with E-state index in [0.717, 1.165) is 22.4 Å². The summed E-state index contributed by atoms with van der Waals surface area (Å²) in [4.78, 5) is 24.5. The minimum atomic E-state index is -0.823. The van der Waals surface area contributed by atoms with Crippen LogP contribution in [0, 0.1) is 6.92 Å². The van der Waals surface area contributed by atoms with Crippen LogP contribution in [-0.4, -0.2) is 30.9 Å². The highest BCUT2D eigenvalue weighted by Crippen LogP contribution is 2.14. The fourth-order valence-corrected chi connectivity index (χ4v) is 3.24. The van der Waals surface area contributed by atoms with Crippen molar-refractivity contribution in [2.75, 3.05) is 6.61 Å². The summed E-state index contributed by atoms with van der Waals surface area (Å²) in [5.41, 5.74) is 6.49. The van der Waals surface area contributed by atoms with Gasteiger partial charge < -0.3 is 14.8 Å². The van der Waals surface area contributed by atoms with E-state index >= 15 is 0 Å². The van der Waals surface area contributed by atoms with Crippen molar-refractivity contribution in [2.45, 2.75) is 32.9 Å². The number of rotatable bonds is 10. The van der Waals surface area contributed by atoms with Crippen LogP contribution < -0.4 is 15.5 Å². The summed E-state index contributed by atoms with van der Waals surface area (Å²) in [6.45, 7) is 4.46. The van der Waals surface area contributed by atoms with Crippen molar-refractivity contribution in [3.05, 3.63) is 101 Å². The van der Waals surface area contributed by atoms with Crippen LogP contribution in [0.15, 0.2) is 84.0 Å². The van der Waals surface area contributed by atoms with E-state index in [0.29, 0.717) is 13.0 Å². The normalized spacial score (nSPS) is 11.6. The second-order valence-electron chi connectivity index (χ2n) is 7.69. The van der Waals surface area contributed by atoms with Gasteiger partial charge in [-0.2, -0.15) is 5.10 Å². The molecule has 0 fully saturated rings. The smallest absolute Gasteiger partial charge is 0.407 e. The molecule has 3 rings (SSSR count). The van der Waals surface area contributed by atoms with Crippen molar-refractivity contribution in [3.8, 4) is 5.75 Å². The summed E-state index contributed by atoms with van der Waals surface area (Å²) in [5.74, 6) is 0.301. The van der Waals surface area contributed by atoms with Crippen molar-refractivity contribution in [3.63, 3.8) is 0 Å². The molecule has 0 aliphatic rings. The molecule has 0 radical (unpaired) electrons. The first kappa shape index (κ1) is 24.5. The number of amides is 2. The van der Waals surface area contributed by atoms with Crippen LogP contribution in [0.1, 0.15) is 29.2 Å². The largest absolute Gasteiger partial charge is 0.489 e. The summed E-state index contributed by atoms with van der Waals surface area (Å²) in [5, 5.41) is 6.62. The Morgan fingerprint density at radius 3 is 2.41 bits per heavy atom. The third-order valence-electron chi connectivity index (χ3n) is 4.92. The van der Waals surface area contributed by atoms with Gasteiger partial charge in [0, 0.05) is 6.42 Å². The number of carbonyl (C=O) groups excluding carboxylic acids is 2. The Kier molecular flexibility index (Phi) is 9.22. The second-order valence-corrected chi connectivity index (χ2v) is 7.69. The lowest BCUT2D eigenvalue weighted by molar-refractivity contribution is -0.123. The molecule has 0 heterocycles. The Bertz CT molecular complexity index is 1100. The summed E-state index contributed by atoms with van der Waals surface area (Å²) in [7, 11) is 0. The summed E-state index contributed by atoms with van der Waals surface area (Å²) in [6, 6.07) is 24.2. The van der Waals surface area contributed by atoms with Crippen LogP contribution in [0.5, 0.6) is 5.75 Å². The maximum absolute atomic E-state index is 12.7. The highest BCUT2D eigenvalue weighted by Gasteiger charge is 2.21. The molecule has 7 heteroatoms. The first-order valence-electron chi connectivity index (χ1n) is 11.1. The Hall–Kier alpha value is -4.13. The molecule has 2 amide bonds. The summed E-state index contributed by atoms with van der Waals surface area (Å²) < 4.78 is 10.7. The monoisotopic (exact) mass is 459 g/mol. The van der Waals surface area contributed by atoms with E-state index in [9.17, 15) is 9.59 Å². The lowest BCUT2D eigenvalue weighted by atomic mass is 10.1. The molecular formula is C27H29N3O4. The topological polar surface area (TPSA) is 89.0 Å². The van der Waals surface area contributed by atoms with Crippen LogP contribution in [0.2, 0.25) is 0 Å². The van der Waals surface area contributed by atoms with Crippen molar-refractivity contribution in [2.24, 2.45) is 5.10 Å². The predicted molar refractivity (Wildman–Crippen MR) is 132 cm³/mol. The van der Waals surface area contributed by atoms with Crippen molar-refractivity contribution < 1.29 is 19.1 Å². The predicted octanol–water partition coefficient (Wildman–Crippen LogP) is 4.38. The average Bonchev–Trinajstić information content (AvgIpc) is 2.84. The number of alkyl carbamates (subject to hydrolysis) is 1. The van der Waals surface area contributed by atoms with Crippen molar-refractivity contribution in [1.29, 1.82) is 0 Å². The van der Waals surface area contributed by atoms with Gasteiger partial charge in [-0.25, -0.2) is 10.2 Å². The zero-order chi connectivity index (χ0) is 24.2. The van der Waals surface area contributed by atoms with Gasteiger partial charge in [-0.15, -0.1) is 0 Å². The van der Waals surface area contributed by atoms with E-state index in [-0.39, 0.29) is 6.61 Å². The minimum absolute atomic E-state index is 0.217. The van der Waals surface area contributed by atoms with Gasteiger partial charge in [0.15, 0.2) is 0 Å². The van der Waals surface area contributed by atoms with Gasteiger partial charge >= 0.3 is 6.09 Å². The van der Waals surface area contributed by atoms with Crippen LogP contribution in [0.3, 0.4) is 0 Å². The van der Waals surface area contributed by atoms with Gasteiger partial charge in [-0.05, 0) is 54.8 Å². The summed E-state index contributed by atoms with van der Waals surface area (Å²) >= 11 is 0. The van der Waals surface area contributed by atoms with E-state index < -0.39 is 18.0 Å². The highest BCUT2D eigenvalue weighted by atomic mass is 16.5. The van der Waals surface area contributed by atoms with Gasteiger partial charge in [0.2, 0.25) is 0 Å². The Balaban J connectivity index is 1.54. The first-order chi connectivity index (χ1) is 16.5. The van der Waals surface area contributed by atoms with Crippen LogP contribution >= 0.6 is 0 Å². The Labute approximate surface area is 199 Å². The number of carbonyl (C=O) groups is 2. The number of benzene rings is 3. The second kappa shape index (κ2) is 12.8. The average molecular weight is 460 g/mol. The quantitative estimate of drug-likeness (QED) is 0.348. The zero-order valence-electron chi connectivity index (χ0n) is 19.4. The standard InChI is InChI=1S/C27H29N3O4/c1-3-33-27(32)29-25(17-21-9-5-4-6-10-21)26(31)30-28-18-22-12-14-24(15-13-22)34-19-23-11-7-8-20(2)16-23/h4-16,18,25H,3,17,19H2,1-2H3,(H,29,32)(H,30,31)/b28-18-/t25-/m0/s1. The van der Waals surface area contributed by atoms with E-state index in [1.165, 1.54) is 11.8 Å². The first-order valence-corrected chi connectivity index (χ1v) is 11.1. The SMILES string of the molecule is CCOC(=O)N[C@@H](Cc1ccccc1)C(=O)N/N=C\c1ccc(OCc2cccc(C)c2)cc1. The van der Waals surface area contributed by atoms with E-state index in [1.54, 1.807) is 6.92 Å². The fourth-order valence-electron chi connectivity index (χ4n) is 3.24. The molecule has 176 valence electrons. The minimum Gasteiger partial charge on any atom is -0.489 e. The van der Waals surface area contributed by atoms with E-state index in [2.05, 4.69) is 21.9 Å². The maximum Gasteiger partial charge on any atom is 0.407 e. The van der Waals surface area contributed by atoms with Gasteiger partial charge in [0.05, 0.1) is 12.8 Å². The molecular weight excluding hydrogens is 430 g/mol. The molecule has 2 N–H and O–H groups in total. The van der Waals surface area contributed by atoms with Crippen LogP contribution in [0.25, 0.3) is 0 Å². The Morgan fingerprint density at radius 2 is 1.71 bits per heavy atom. The molecule has 0 aliphatic carbocycles. The third kappa shape index (κ3) is 8.09. The number of nitrogens with zero attached hydrogens (tertiary/aromatic N) is 1. The number of hydrazone groups is 1. The molecule has 0 unspecified atom stereocenters. The number of ether oxygens (including phenoxy) is 2. The van der Waals surface area contributed by atoms with Crippen molar-refractivity contribution >= 4 is 18.2 Å². The van der Waals surface area contributed by atoms with Crippen molar-refractivity contribution in [1.82, 2.24) is 10.7 Å². The molecule has 0 saturated heterocycles. The third-order valence-corrected chi connectivity index (χ3v) is 4.92. The maximum atomic E-state index is 12.7. The van der Waals surface area contributed by atoms with Gasteiger partial charge in [0.25, 0.3) is 5.91 Å². The number of nitrogens with one attached hydrogen (secondary N) is 2. The lowest BCUT2D eigenvalue weighted by Gasteiger charge is -2.16. The number of aryl methyl sites for hydroxylation is 1. The number of hydrogen-bond donors (Lipinski definition) is 2. The molecule has 3 aromatic rings. The van der Waals surface area contributed by atoms with Crippen LogP contribution in [-0.2, 0) is 22.6 Å². The molecule has 3 aromatic carbocycles. The molecule has 0 aliphatic heterocycles. The lowest BCUT2D eigenvalue weighted by Crippen LogP contribution is -2.47. The zero-order valence-corrected chi connectivity index (χ0v) is 19.4. The molecule has 1 atom stereocenters. The van der Waals surface area contributed by atoms with E-state index in [1.807, 2.05) is 79.7 Å². The summed E-state index contributed by atoms with van der Waals surface area (Å²) in [6.07, 6.45) is 1.20.